The van der Waals surface area contributed by atoms with Gasteiger partial charge in [0.05, 0.1) is 0 Å². The molecule has 1 heterocycles. The predicted octanol–water partition coefficient (Wildman–Crippen LogP) is 2.79. The molecule has 0 bridgehead atoms. The summed E-state index contributed by atoms with van der Waals surface area (Å²) in [4.78, 5) is 10.6. The van der Waals surface area contributed by atoms with Crippen molar-refractivity contribution in [1.29, 1.82) is 0 Å². The fraction of sp³-hybridized carbons (Fsp3) is 0.0833. The highest BCUT2D eigenvalue weighted by Gasteiger charge is 1.92. The number of carbonyl (C=O) groups excluding carboxylic acids is 1. The molecule has 2 aromatic rings. The van der Waals surface area contributed by atoms with Gasteiger partial charge in [-0.25, -0.2) is 0 Å². The molecule has 0 fully saturated rings. The number of carbonyl (C=O) groups is 1. The summed E-state index contributed by atoms with van der Waals surface area (Å²) in [7, 11) is 0. The number of Topliss-reactive ketones (excluding diaryl/α,β-unsaturated/α-hetero) is 1. The van der Waals surface area contributed by atoms with Crippen molar-refractivity contribution in [3.63, 3.8) is 0 Å². The molecule has 0 aliphatic rings. The second-order valence-electron chi connectivity index (χ2n) is 2.84. The van der Waals surface area contributed by atoms with Gasteiger partial charge >= 0.3 is 0 Å². The normalized spacial score (nSPS) is 8.06. The highest BCUT2D eigenvalue weighted by Crippen LogP contribution is 1.97. The summed E-state index contributed by atoms with van der Waals surface area (Å²) in [5.41, 5.74) is 0.775. The molecular weight excluding hydrogens is 224 g/mol. The van der Waals surface area contributed by atoms with Gasteiger partial charge in [-0.2, -0.15) is 10.2 Å². The van der Waals surface area contributed by atoms with Gasteiger partial charge in [0.1, 0.15) is 0 Å². The third-order valence-electron chi connectivity index (χ3n) is 1.66. The minimum Gasteiger partial charge on any atom is -0.295 e. The molecule has 0 radical (unpaired) electrons. The molecule has 2 rings (SSSR count). The van der Waals surface area contributed by atoms with Gasteiger partial charge in [0.2, 0.25) is 0 Å². The Morgan fingerprint density at radius 2 is 1.44 bits per heavy atom. The van der Waals surface area contributed by atoms with E-state index < -0.39 is 0 Å². The van der Waals surface area contributed by atoms with Crippen LogP contribution in [0.5, 0.6) is 0 Å². The molecule has 84 valence electrons. The van der Waals surface area contributed by atoms with Crippen molar-refractivity contribution >= 4 is 18.2 Å². The molecule has 0 aliphatic heterocycles. The summed E-state index contributed by atoms with van der Waals surface area (Å²) < 4.78 is 0. The minimum absolute atomic E-state index is 0. The SMILES string of the molecule is CC(=O)c1ccccc1.Cl.c1ccnnc1. The second-order valence-corrected chi connectivity index (χ2v) is 2.84. The topological polar surface area (TPSA) is 42.9 Å². The lowest BCUT2D eigenvalue weighted by Gasteiger charge is -1.89. The molecule has 4 heteroatoms. The summed E-state index contributed by atoms with van der Waals surface area (Å²) in [6.45, 7) is 1.56. The van der Waals surface area contributed by atoms with Gasteiger partial charge in [0.15, 0.2) is 5.78 Å². The quantitative estimate of drug-likeness (QED) is 0.715. The number of hydrogen-bond acceptors (Lipinski definition) is 3. The molecule has 3 nitrogen and oxygen atoms in total. The van der Waals surface area contributed by atoms with E-state index in [2.05, 4.69) is 10.2 Å². The van der Waals surface area contributed by atoms with Crippen LogP contribution in [-0.2, 0) is 0 Å². The second kappa shape index (κ2) is 8.56. The Balaban J connectivity index is 0.000000283. The maximum absolute atomic E-state index is 10.6. The lowest BCUT2D eigenvalue weighted by atomic mass is 10.2. The standard InChI is InChI=1S/C8H8O.C4H4N2.ClH/c1-7(9)8-5-3-2-4-6-8;1-2-4-6-5-3-1;/h2-6H,1H3;1-4H;1H. The van der Waals surface area contributed by atoms with Crippen molar-refractivity contribution in [2.24, 2.45) is 0 Å². The van der Waals surface area contributed by atoms with Crippen LogP contribution in [0.1, 0.15) is 17.3 Å². The number of rotatable bonds is 1. The van der Waals surface area contributed by atoms with Crippen molar-refractivity contribution in [2.45, 2.75) is 6.92 Å². The average molecular weight is 237 g/mol. The van der Waals surface area contributed by atoms with Crippen LogP contribution in [0.4, 0.5) is 0 Å². The number of benzene rings is 1. The van der Waals surface area contributed by atoms with Crippen LogP contribution in [0, 0.1) is 0 Å². The van der Waals surface area contributed by atoms with Gasteiger partial charge in [-0.05, 0) is 19.1 Å². The van der Waals surface area contributed by atoms with Crippen molar-refractivity contribution in [3.05, 3.63) is 60.4 Å². The predicted molar refractivity (Wildman–Crippen MR) is 65.7 cm³/mol. The van der Waals surface area contributed by atoms with E-state index in [0.717, 1.165) is 5.56 Å². The van der Waals surface area contributed by atoms with Gasteiger partial charge in [0, 0.05) is 18.0 Å². The monoisotopic (exact) mass is 236 g/mol. The molecule has 0 spiro atoms. The first-order valence-electron chi connectivity index (χ1n) is 4.58. The molecule has 0 aliphatic carbocycles. The minimum atomic E-state index is 0. The molecule has 16 heavy (non-hydrogen) atoms. The van der Waals surface area contributed by atoms with Gasteiger partial charge in [0.25, 0.3) is 0 Å². The Hall–Kier alpha value is -1.74. The third-order valence-corrected chi connectivity index (χ3v) is 1.66. The van der Waals surface area contributed by atoms with Crippen LogP contribution in [0.15, 0.2) is 54.9 Å². The highest BCUT2D eigenvalue weighted by molar-refractivity contribution is 5.93. The van der Waals surface area contributed by atoms with Crippen molar-refractivity contribution in [2.75, 3.05) is 0 Å². The molecule has 0 amide bonds. The molecule has 1 aromatic carbocycles. The fourth-order valence-electron chi connectivity index (χ4n) is 0.926. The molecule has 0 atom stereocenters. The number of aromatic nitrogens is 2. The van der Waals surface area contributed by atoms with Gasteiger partial charge in [-0.1, -0.05) is 30.3 Å². The Kier molecular flexibility index (Phi) is 7.63. The molecule has 1 aromatic heterocycles. The first kappa shape index (κ1) is 14.3. The Morgan fingerprint density at radius 3 is 1.69 bits per heavy atom. The van der Waals surface area contributed by atoms with E-state index in [1.807, 2.05) is 42.5 Å². The van der Waals surface area contributed by atoms with E-state index in [9.17, 15) is 4.79 Å². The van der Waals surface area contributed by atoms with Crippen molar-refractivity contribution < 1.29 is 4.79 Å². The van der Waals surface area contributed by atoms with Gasteiger partial charge < -0.3 is 0 Å². The Labute approximate surface area is 101 Å². The van der Waals surface area contributed by atoms with E-state index in [1.54, 1.807) is 19.3 Å². The highest BCUT2D eigenvalue weighted by atomic mass is 35.5. The molecule has 0 N–H and O–H groups in total. The molecule has 0 saturated heterocycles. The number of nitrogens with zero attached hydrogens (tertiary/aromatic N) is 2. The molecular formula is C12H13ClN2O. The summed E-state index contributed by atoms with van der Waals surface area (Å²) in [5.74, 6) is 0.121. The number of hydrogen-bond donors (Lipinski definition) is 0. The molecule has 0 unspecified atom stereocenters. The zero-order valence-electron chi connectivity index (χ0n) is 8.91. The van der Waals surface area contributed by atoms with E-state index in [4.69, 9.17) is 0 Å². The number of halogens is 1. The largest absolute Gasteiger partial charge is 0.295 e. The van der Waals surface area contributed by atoms with Crippen LogP contribution in [0.3, 0.4) is 0 Å². The maximum Gasteiger partial charge on any atom is 0.159 e. The zero-order valence-corrected chi connectivity index (χ0v) is 9.72. The zero-order chi connectivity index (χ0) is 10.9. The summed E-state index contributed by atoms with van der Waals surface area (Å²) in [6.07, 6.45) is 3.28. The van der Waals surface area contributed by atoms with Crippen molar-refractivity contribution in [1.82, 2.24) is 10.2 Å². The van der Waals surface area contributed by atoms with Gasteiger partial charge in [-0.3, -0.25) is 4.79 Å². The van der Waals surface area contributed by atoms with E-state index in [-0.39, 0.29) is 18.2 Å². The van der Waals surface area contributed by atoms with Crippen LogP contribution < -0.4 is 0 Å². The average Bonchev–Trinajstić information content (AvgIpc) is 2.33. The summed E-state index contributed by atoms with van der Waals surface area (Å²) in [5, 5.41) is 7.07. The number of ketones is 1. The summed E-state index contributed by atoms with van der Waals surface area (Å²) >= 11 is 0. The third kappa shape index (κ3) is 5.88. The Bertz CT molecular complexity index is 366. The fourth-order valence-corrected chi connectivity index (χ4v) is 0.926. The smallest absolute Gasteiger partial charge is 0.159 e. The van der Waals surface area contributed by atoms with E-state index >= 15 is 0 Å². The van der Waals surface area contributed by atoms with E-state index in [0.29, 0.717) is 0 Å². The van der Waals surface area contributed by atoms with Gasteiger partial charge in [-0.15, -0.1) is 12.4 Å². The lowest BCUT2D eigenvalue weighted by molar-refractivity contribution is 0.101. The van der Waals surface area contributed by atoms with Crippen LogP contribution in [0.2, 0.25) is 0 Å². The van der Waals surface area contributed by atoms with Crippen LogP contribution in [0.25, 0.3) is 0 Å². The summed E-state index contributed by atoms with van der Waals surface area (Å²) in [6, 6.07) is 12.9. The maximum atomic E-state index is 10.6. The van der Waals surface area contributed by atoms with Crippen molar-refractivity contribution in [3.8, 4) is 0 Å². The first-order chi connectivity index (χ1) is 7.30. The van der Waals surface area contributed by atoms with Crippen LogP contribution >= 0.6 is 12.4 Å². The first-order valence-corrected chi connectivity index (χ1v) is 4.58. The van der Waals surface area contributed by atoms with Crippen LogP contribution in [-0.4, -0.2) is 16.0 Å². The Morgan fingerprint density at radius 1 is 0.938 bits per heavy atom. The lowest BCUT2D eigenvalue weighted by Crippen LogP contribution is -1.88. The van der Waals surface area contributed by atoms with E-state index in [1.165, 1.54) is 0 Å². The molecule has 0 saturated carbocycles.